The molecule has 3 atom stereocenters. The summed E-state index contributed by atoms with van der Waals surface area (Å²) in [4.78, 5) is 14.8. The van der Waals surface area contributed by atoms with Crippen molar-refractivity contribution in [1.29, 1.82) is 0 Å². The van der Waals surface area contributed by atoms with Crippen LogP contribution in [0.25, 0.3) is 0 Å². The molecule has 170 valence electrons. The van der Waals surface area contributed by atoms with Crippen molar-refractivity contribution in [3.63, 3.8) is 0 Å². The summed E-state index contributed by atoms with van der Waals surface area (Å²) < 4.78 is 32.2. The third-order valence-corrected chi connectivity index (χ3v) is 5.91. The molecule has 3 aromatic rings. The second-order valence-electron chi connectivity index (χ2n) is 8.05. The van der Waals surface area contributed by atoms with E-state index in [1.54, 1.807) is 35.2 Å². The summed E-state index contributed by atoms with van der Waals surface area (Å²) in [5, 5.41) is 10.5. The van der Waals surface area contributed by atoms with E-state index in [0.717, 1.165) is 5.56 Å². The Balaban J connectivity index is 1.54. The van der Waals surface area contributed by atoms with Crippen molar-refractivity contribution in [2.24, 2.45) is 5.92 Å². The number of halogens is 2. The summed E-state index contributed by atoms with van der Waals surface area (Å²) in [5.74, 6) is -0.461. The van der Waals surface area contributed by atoms with Crippen molar-refractivity contribution in [1.82, 2.24) is 0 Å². The SMILES string of the molecule is C=CCOc1ccc(C2C(CC[C@H](O)c3ccc(F)cc3)C(=O)N2c2ccc(F)cc2)cc1. The van der Waals surface area contributed by atoms with Crippen LogP contribution in [-0.4, -0.2) is 17.6 Å². The highest BCUT2D eigenvalue weighted by molar-refractivity contribution is 6.03. The van der Waals surface area contributed by atoms with Gasteiger partial charge in [-0.15, -0.1) is 0 Å². The maximum Gasteiger partial charge on any atom is 0.233 e. The maximum atomic E-state index is 13.4. The summed E-state index contributed by atoms with van der Waals surface area (Å²) >= 11 is 0. The summed E-state index contributed by atoms with van der Waals surface area (Å²) in [6.45, 7) is 4.03. The minimum Gasteiger partial charge on any atom is -0.490 e. The minimum atomic E-state index is -0.798. The molecule has 1 aliphatic rings. The molecule has 0 aromatic heterocycles. The number of aliphatic hydroxyl groups excluding tert-OH is 1. The number of amides is 1. The van der Waals surface area contributed by atoms with Crippen molar-refractivity contribution in [3.05, 3.63) is 108 Å². The number of benzene rings is 3. The van der Waals surface area contributed by atoms with E-state index in [9.17, 15) is 18.7 Å². The molecule has 1 aliphatic heterocycles. The number of nitrogens with zero attached hydrogens (tertiary/aromatic N) is 1. The second kappa shape index (κ2) is 9.96. The number of anilines is 1. The van der Waals surface area contributed by atoms with E-state index in [2.05, 4.69) is 6.58 Å². The summed E-state index contributed by atoms with van der Waals surface area (Å²) in [5.41, 5.74) is 2.15. The van der Waals surface area contributed by atoms with Crippen LogP contribution in [0, 0.1) is 17.6 Å². The number of hydrogen-bond donors (Lipinski definition) is 1. The fourth-order valence-corrected chi connectivity index (χ4v) is 4.21. The van der Waals surface area contributed by atoms with Crippen molar-refractivity contribution >= 4 is 11.6 Å². The molecule has 0 spiro atoms. The Labute approximate surface area is 191 Å². The van der Waals surface area contributed by atoms with Crippen molar-refractivity contribution < 1.29 is 23.4 Å². The molecule has 1 saturated heterocycles. The van der Waals surface area contributed by atoms with E-state index in [4.69, 9.17) is 4.74 Å². The average molecular weight is 449 g/mol. The molecule has 1 amide bonds. The van der Waals surface area contributed by atoms with Crippen molar-refractivity contribution in [2.75, 3.05) is 11.5 Å². The van der Waals surface area contributed by atoms with Crippen LogP contribution in [0.3, 0.4) is 0 Å². The zero-order chi connectivity index (χ0) is 23.4. The van der Waals surface area contributed by atoms with Gasteiger partial charge in [-0.3, -0.25) is 4.79 Å². The van der Waals surface area contributed by atoms with Gasteiger partial charge in [-0.05, 0) is 72.5 Å². The molecule has 1 heterocycles. The van der Waals surface area contributed by atoms with Crippen LogP contribution in [0.5, 0.6) is 5.75 Å². The highest BCUT2D eigenvalue weighted by Gasteiger charge is 2.48. The Morgan fingerprint density at radius 3 is 2.18 bits per heavy atom. The minimum absolute atomic E-state index is 0.0788. The molecule has 4 nitrogen and oxygen atoms in total. The van der Waals surface area contributed by atoms with Crippen molar-refractivity contribution in [2.45, 2.75) is 25.0 Å². The van der Waals surface area contributed by atoms with Crippen molar-refractivity contribution in [3.8, 4) is 5.75 Å². The van der Waals surface area contributed by atoms with Gasteiger partial charge >= 0.3 is 0 Å². The van der Waals surface area contributed by atoms with E-state index in [1.807, 2.05) is 24.3 Å². The van der Waals surface area contributed by atoms with Gasteiger partial charge < -0.3 is 14.7 Å². The van der Waals surface area contributed by atoms with Gasteiger partial charge in [0.2, 0.25) is 5.91 Å². The Kier molecular flexibility index (Phi) is 6.84. The van der Waals surface area contributed by atoms with Gasteiger partial charge in [0.25, 0.3) is 0 Å². The summed E-state index contributed by atoms with van der Waals surface area (Å²) in [6.07, 6.45) is 1.68. The molecule has 4 rings (SSSR count). The van der Waals surface area contributed by atoms with Gasteiger partial charge in [-0.2, -0.15) is 0 Å². The van der Waals surface area contributed by atoms with Crippen LogP contribution >= 0.6 is 0 Å². The molecular formula is C27H25F2NO3. The second-order valence-corrected chi connectivity index (χ2v) is 8.05. The highest BCUT2D eigenvalue weighted by Crippen LogP contribution is 2.46. The highest BCUT2D eigenvalue weighted by atomic mass is 19.1. The smallest absolute Gasteiger partial charge is 0.233 e. The van der Waals surface area contributed by atoms with E-state index >= 15 is 0 Å². The monoisotopic (exact) mass is 449 g/mol. The van der Waals surface area contributed by atoms with E-state index < -0.39 is 6.10 Å². The topological polar surface area (TPSA) is 49.8 Å². The molecule has 0 radical (unpaired) electrons. The standard InChI is InChI=1S/C27H25F2NO3/c1-2-17-33-23-13-5-19(6-14-23)26-24(15-16-25(31)18-3-7-20(28)8-4-18)27(32)30(26)22-11-9-21(29)10-12-22/h2-14,24-26,31H,1,15-17H2/t24?,25-,26?/m0/s1. The van der Waals surface area contributed by atoms with Crippen LogP contribution in [0.1, 0.15) is 36.1 Å². The molecule has 1 N–H and O–H groups in total. The van der Waals surface area contributed by atoms with Crippen LogP contribution in [-0.2, 0) is 4.79 Å². The van der Waals surface area contributed by atoms with Crippen LogP contribution in [0.15, 0.2) is 85.5 Å². The quantitative estimate of drug-likeness (QED) is 0.334. The first kappa shape index (κ1) is 22.7. The Hall–Kier alpha value is -3.51. The summed E-state index contributed by atoms with van der Waals surface area (Å²) in [7, 11) is 0. The van der Waals surface area contributed by atoms with Crippen LogP contribution in [0.4, 0.5) is 14.5 Å². The Morgan fingerprint density at radius 1 is 0.970 bits per heavy atom. The first-order valence-electron chi connectivity index (χ1n) is 10.8. The lowest BCUT2D eigenvalue weighted by molar-refractivity contribution is -0.131. The van der Waals surface area contributed by atoms with Gasteiger partial charge in [-0.1, -0.05) is 36.9 Å². The number of aliphatic hydroxyl groups is 1. The lowest BCUT2D eigenvalue weighted by Gasteiger charge is -2.48. The first-order valence-corrected chi connectivity index (χ1v) is 10.8. The lowest BCUT2D eigenvalue weighted by atomic mass is 9.78. The molecular weight excluding hydrogens is 424 g/mol. The third-order valence-electron chi connectivity index (χ3n) is 5.91. The third kappa shape index (κ3) is 4.96. The Morgan fingerprint density at radius 2 is 1.58 bits per heavy atom. The van der Waals surface area contributed by atoms with E-state index in [-0.39, 0.29) is 29.5 Å². The largest absolute Gasteiger partial charge is 0.490 e. The number of rotatable bonds is 9. The Bertz CT molecular complexity index is 1100. The zero-order valence-electron chi connectivity index (χ0n) is 18.0. The number of carbonyl (C=O) groups is 1. The number of β-lactam (4-membered cyclic amide) rings is 1. The predicted octanol–water partition coefficient (Wildman–Crippen LogP) is 5.75. The van der Waals surface area contributed by atoms with Crippen LogP contribution < -0.4 is 9.64 Å². The summed E-state index contributed by atoms with van der Waals surface area (Å²) in [6, 6.07) is 18.8. The number of carbonyl (C=O) groups excluding carboxylic acids is 1. The van der Waals surface area contributed by atoms with E-state index in [0.29, 0.717) is 36.4 Å². The van der Waals surface area contributed by atoms with Gasteiger partial charge in [0, 0.05) is 5.69 Å². The number of ether oxygens (including phenoxy) is 1. The molecule has 1 fully saturated rings. The zero-order valence-corrected chi connectivity index (χ0v) is 18.0. The van der Waals surface area contributed by atoms with E-state index in [1.165, 1.54) is 24.3 Å². The average Bonchev–Trinajstić information content (AvgIpc) is 2.83. The van der Waals surface area contributed by atoms with Gasteiger partial charge in [0.05, 0.1) is 18.1 Å². The van der Waals surface area contributed by atoms with Gasteiger partial charge in [0.1, 0.15) is 24.0 Å². The molecule has 0 bridgehead atoms. The number of hydrogen-bond acceptors (Lipinski definition) is 3. The first-order chi connectivity index (χ1) is 16.0. The van der Waals surface area contributed by atoms with Crippen LogP contribution in [0.2, 0.25) is 0 Å². The molecule has 0 aliphatic carbocycles. The molecule has 0 saturated carbocycles. The normalized spacial score (nSPS) is 18.5. The lowest BCUT2D eigenvalue weighted by Crippen LogP contribution is -2.55. The van der Waals surface area contributed by atoms with Gasteiger partial charge in [0.15, 0.2) is 0 Å². The molecule has 33 heavy (non-hydrogen) atoms. The molecule has 3 aromatic carbocycles. The fourth-order valence-electron chi connectivity index (χ4n) is 4.21. The van der Waals surface area contributed by atoms with Gasteiger partial charge in [-0.25, -0.2) is 8.78 Å². The molecule has 6 heteroatoms. The predicted molar refractivity (Wildman–Crippen MR) is 123 cm³/mol. The fraction of sp³-hybridized carbons (Fsp3) is 0.222. The maximum absolute atomic E-state index is 13.4. The molecule has 2 unspecified atom stereocenters.